The summed E-state index contributed by atoms with van der Waals surface area (Å²) >= 11 is 8.66. The molecule has 0 aliphatic heterocycles. The van der Waals surface area contributed by atoms with Crippen molar-refractivity contribution < 1.29 is 4.79 Å². The number of carbonyl (C=O) groups excluding carboxylic acids is 1. The average molecular weight is 351 g/mol. The lowest BCUT2D eigenvalue weighted by Crippen LogP contribution is -2.13. The Morgan fingerprint density at radius 3 is 2.86 bits per heavy atom. The first-order valence-electron chi connectivity index (χ1n) is 6.35. The van der Waals surface area contributed by atoms with Crippen molar-refractivity contribution in [1.29, 1.82) is 0 Å². The van der Waals surface area contributed by atoms with Gasteiger partial charge in [-0.25, -0.2) is 4.98 Å². The van der Waals surface area contributed by atoms with Gasteiger partial charge in [-0.05, 0) is 35.7 Å². The summed E-state index contributed by atoms with van der Waals surface area (Å²) in [5.74, 6) is 0.843. The predicted molar refractivity (Wildman–Crippen MR) is 90.5 cm³/mol. The van der Waals surface area contributed by atoms with Gasteiger partial charge in [-0.15, -0.1) is 16.4 Å². The van der Waals surface area contributed by atoms with Gasteiger partial charge in [0.1, 0.15) is 0 Å². The standard InChI is InChI=1S/C14H11ClN4OS2/c15-9-3-5-10(6-4-9)16-12(20)8-22-14-17-13(18-19-14)11-2-1-7-21-11/h1-7H,8H2,(H,16,20)(H,17,18,19). The highest BCUT2D eigenvalue weighted by atomic mass is 35.5. The third-order valence-electron chi connectivity index (χ3n) is 2.68. The van der Waals surface area contributed by atoms with Gasteiger partial charge in [0.2, 0.25) is 11.1 Å². The summed E-state index contributed by atoms with van der Waals surface area (Å²) in [4.78, 5) is 17.2. The van der Waals surface area contributed by atoms with Crippen molar-refractivity contribution in [3.63, 3.8) is 0 Å². The van der Waals surface area contributed by atoms with Crippen LogP contribution in [0.2, 0.25) is 5.02 Å². The van der Waals surface area contributed by atoms with Gasteiger partial charge in [-0.2, -0.15) is 0 Å². The topological polar surface area (TPSA) is 70.7 Å². The van der Waals surface area contributed by atoms with Gasteiger partial charge in [0.15, 0.2) is 5.82 Å². The lowest BCUT2D eigenvalue weighted by molar-refractivity contribution is -0.113. The van der Waals surface area contributed by atoms with E-state index in [9.17, 15) is 4.79 Å². The fourth-order valence-electron chi connectivity index (χ4n) is 1.69. The molecule has 2 aromatic heterocycles. The highest BCUT2D eigenvalue weighted by Gasteiger charge is 2.09. The van der Waals surface area contributed by atoms with Gasteiger partial charge < -0.3 is 5.32 Å². The fourth-order valence-corrected chi connectivity index (χ4v) is 3.08. The summed E-state index contributed by atoms with van der Waals surface area (Å²) in [5, 5.41) is 12.9. The number of thioether (sulfide) groups is 1. The zero-order valence-electron chi connectivity index (χ0n) is 11.2. The number of nitrogens with zero attached hydrogens (tertiary/aromatic N) is 2. The summed E-state index contributed by atoms with van der Waals surface area (Å²) < 4.78 is 0. The molecule has 112 valence electrons. The van der Waals surface area contributed by atoms with E-state index < -0.39 is 0 Å². The Hall–Kier alpha value is -1.83. The van der Waals surface area contributed by atoms with Gasteiger partial charge in [0, 0.05) is 10.7 Å². The molecule has 2 N–H and O–H groups in total. The molecule has 0 bridgehead atoms. The molecule has 0 aliphatic carbocycles. The maximum absolute atomic E-state index is 11.9. The minimum absolute atomic E-state index is 0.116. The molecule has 0 unspecified atom stereocenters. The Labute approximate surface area is 140 Å². The molecular formula is C14H11ClN4OS2. The number of hydrogen-bond acceptors (Lipinski definition) is 5. The van der Waals surface area contributed by atoms with E-state index in [1.54, 1.807) is 35.6 Å². The van der Waals surface area contributed by atoms with Gasteiger partial charge >= 0.3 is 0 Å². The van der Waals surface area contributed by atoms with Crippen molar-refractivity contribution in [3.8, 4) is 10.7 Å². The van der Waals surface area contributed by atoms with E-state index >= 15 is 0 Å². The number of amides is 1. The van der Waals surface area contributed by atoms with Crippen molar-refractivity contribution in [3.05, 3.63) is 46.8 Å². The molecule has 0 radical (unpaired) electrons. The zero-order chi connectivity index (χ0) is 15.4. The Morgan fingerprint density at radius 1 is 1.32 bits per heavy atom. The number of halogens is 1. The van der Waals surface area contributed by atoms with Crippen molar-refractivity contribution in [1.82, 2.24) is 15.2 Å². The van der Waals surface area contributed by atoms with Crippen LogP contribution in [0.3, 0.4) is 0 Å². The maximum Gasteiger partial charge on any atom is 0.234 e. The molecule has 1 aromatic carbocycles. The average Bonchev–Trinajstić information content (AvgIpc) is 3.18. The molecule has 0 saturated heterocycles. The van der Waals surface area contributed by atoms with Crippen LogP contribution in [0.25, 0.3) is 10.7 Å². The summed E-state index contributed by atoms with van der Waals surface area (Å²) in [6.07, 6.45) is 0. The van der Waals surface area contributed by atoms with E-state index in [0.29, 0.717) is 15.9 Å². The SMILES string of the molecule is O=C(CSc1n[nH]c(-c2cccs2)n1)Nc1ccc(Cl)cc1. The molecule has 1 amide bonds. The van der Waals surface area contributed by atoms with E-state index in [2.05, 4.69) is 20.5 Å². The lowest BCUT2D eigenvalue weighted by Gasteiger charge is -2.03. The van der Waals surface area contributed by atoms with E-state index in [-0.39, 0.29) is 11.7 Å². The third kappa shape index (κ3) is 3.88. The number of hydrogen-bond donors (Lipinski definition) is 2. The molecule has 3 rings (SSSR count). The molecule has 0 fully saturated rings. The fraction of sp³-hybridized carbons (Fsp3) is 0.0714. The van der Waals surface area contributed by atoms with Crippen LogP contribution in [-0.2, 0) is 4.79 Å². The first-order valence-corrected chi connectivity index (χ1v) is 8.59. The number of carbonyl (C=O) groups is 1. The normalized spacial score (nSPS) is 10.6. The summed E-state index contributed by atoms with van der Waals surface area (Å²) in [6, 6.07) is 10.9. The molecule has 0 spiro atoms. The Kier molecular flexibility index (Phi) is 4.77. The quantitative estimate of drug-likeness (QED) is 0.684. The number of rotatable bonds is 5. The van der Waals surface area contributed by atoms with E-state index in [1.165, 1.54) is 11.8 Å². The Morgan fingerprint density at radius 2 is 2.14 bits per heavy atom. The number of benzene rings is 1. The van der Waals surface area contributed by atoms with Crippen LogP contribution in [0.15, 0.2) is 46.9 Å². The summed E-state index contributed by atoms with van der Waals surface area (Å²) in [7, 11) is 0. The number of anilines is 1. The Balaban J connectivity index is 1.54. The van der Waals surface area contributed by atoms with Crippen molar-refractivity contribution in [2.75, 3.05) is 11.1 Å². The molecule has 3 aromatic rings. The first-order chi connectivity index (χ1) is 10.7. The molecule has 0 saturated carbocycles. The number of thiophene rings is 1. The second-order valence-corrected chi connectivity index (χ2v) is 6.61. The van der Waals surface area contributed by atoms with Crippen LogP contribution in [0.5, 0.6) is 0 Å². The first kappa shape index (κ1) is 15.1. The predicted octanol–water partition coefficient (Wildman–Crippen LogP) is 3.92. The maximum atomic E-state index is 11.9. The molecule has 5 nitrogen and oxygen atoms in total. The van der Waals surface area contributed by atoms with E-state index in [4.69, 9.17) is 11.6 Å². The number of aromatic nitrogens is 3. The van der Waals surface area contributed by atoms with Crippen LogP contribution in [-0.4, -0.2) is 26.8 Å². The van der Waals surface area contributed by atoms with E-state index in [1.807, 2.05) is 17.5 Å². The molecule has 2 heterocycles. The number of nitrogens with one attached hydrogen (secondary N) is 2. The second kappa shape index (κ2) is 6.95. The van der Waals surface area contributed by atoms with Crippen molar-refractivity contribution >= 4 is 46.3 Å². The molecular weight excluding hydrogens is 340 g/mol. The largest absolute Gasteiger partial charge is 0.325 e. The van der Waals surface area contributed by atoms with E-state index in [0.717, 1.165) is 10.7 Å². The van der Waals surface area contributed by atoms with Crippen LogP contribution in [0, 0.1) is 0 Å². The number of H-pyrrole nitrogens is 1. The smallest absolute Gasteiger partial charge is 0.234 e. The van der Waals surface area contributed by atoms with Crippen LogP contribution in [0.4, 0.5) is 5.69 Å². The van der Waals surface area contributed by atoms with Crippen LogP contribution >= 0.6 is 34.7 Å². The third-order valence-corrected chi connectivity index (χ3v) is 4.66. The monoisotopic (exact) mass is 350 g/mol. The molecule has 8 heteroatoms. The highest BCUT2D eigenvalue weighted by molar-refractivity contribution is 7.99. The lowest BCUT2D eigenvalue weighted by atomic mass is 10.3. The van der Waals surface area contributed by atoms with Gasteiger partial charge in [-0.3, -0.25) is 9.89 Å². The minimum atomic E-state index is -0.116. The van der Waals surface area contributed by atoms with Gasteiger partial charge in [-0.1, -0.05) is 29.4 Å². The summed E-state index contributed by atoms with van der Waals surface area (Å²) in [6.45, 7) is 0. The van der Waals surface area contributed by atoms with Gasteiger partial charge in [0.05, 0.1) is 10.6 Å². The Bertz CT molecular complexity index is 756. The van der Waals surface area contributed by atoms with Crippen molar-refractivity contribution in [2.45, 2.75) is 5.16 Å². The van der Waals surface area contributed by atoms with Gasteiger partial charge in [0.25, 0.3) is 0 Å². The zero-order valence-corrected chi connectivity index (χ0v) is 13.6. The summed E-state index contributed by atoms with van der Waals surface area (Å²) in [5.41, 5.74) is 0.712. The second-order valence-electron chi connectivity index (χ2n) is 4.29. The molecule has 22 heavy (non-hydrogen) atoms. The highest BCUT2D eigenvalue weighted by Crippen LogP contribution is 2.23. The van der Waals surface area contributed by atoms with Crippen LogP contribution in [0.1, 0.15) is 0 Å². The number of aromatic amines is 1. The molecule has 0 aliphatic rings. The minimum Gasteiger partial charge on any atom is -0.325 e. The van der Waals surface area contributed by atoms with Crippen LogP contribution < -0.4 is 5.32 Å². The molecule has 0 atom stereocenters. The van der Waals surface area contributed by atoms with Crippen molar-refractivity contribution in [2.24, 2.45) is 0 Å².